The normalized spacial score (nSPS) is 10.6. The summed E-state index contributed by atoms with van der Waals surface area (Å²) >= 11 is 0. The smallest absolute Gasteiger partial charge is 0.273 e. The van der Waals surface area contributed by atoms with E-state index in [0.29, 0.717) is 16.6 Å². The quantitative estimate of drug-likeness (QED) is 0.446. The molecule has 2 aromatic carbocycles. The molecule has 8 nitrogen and oxygen atoms in total. The third kappa shape index (κ3) is 2.73. The average molecular weight is 357 g/mol. The molecule has 4 aromatic rings. The Morgan fingerprint density at radius 1 is 1.11 bits per heavy atom. The van der Waals surface area contributed by atoms with E-state index in [1.54, 1.807) is 12.3 Å². The van der Waals surface area contributed by atoms with E-state index < -0.39 is 10.5 Å². The van der Waals surface area contributed by atoms with Gasteiger partial charge in [0.15, 0.2) is 0 Å². The van der Waals surface area contributed by atoms with Crippen molar-refractivity contribution in [1.82, 2.24) is 14.8 Å². The number of pyridine rings is 1. The molecule has 0 saturated heterocycles. The van der Waals surface area contributed by atoms with Crippen LogP contribution in [0.5, 0.6) is 0 Å². The summed E-state index contributed by atoms with van der Waals surface area (Å²) in [4.78, 5) is 23.2. The number of nitro benzene ring substituents is 1. The zero-order chi connectivity index (χ0) is 19.0. The predicted octanol–water partition coefficient (Wildman–Crippen LogP) is 3.16. The molecule has 0 spiro atoms. The Morgan fingerprint density at radius 3 is 2.52 bits per heavy atom. The van der Waals surface area contributed by atoms with E-state index >= 15 is 0 Å². The van der Waals surface area contributed by atoms with Crippen LogP contribution in [0.1, 0.15) is 5.56 Å². The zero-order valence-electron chi connectivity index (χ0n) is 13.8. The third-order valence-corrected chi connectivity index (χ3v) is 4.26. The molecule has 0 aliphatic carbocycles. The fraction of sp³-hybridized carbons (Fsp3) is 0. The molecule has 0 fully saturated rings. The van der Waals surface area contributed by atoms with E-state index in [0.717, 1.165) is 11.3 Å². The van der Waals surface area contributed by atoms with Crippen molar-refractivity contribution in [3.63, 3.8) is 0 Å². The summed E-state index contributed by atoms with van der Waals surface area (Å²) in [6, 6.07) is 16.4. The van der Waals surface area contributed by atoms with Gasteiger partial charge in [0.2, 0.25) is 0 Å². The molecular formula is C19H11N5O3. The molecule has 0 aliphatic rings. The topological polar surface area (TPSA) is 118 Å². The van der Waals surface area contributed by atoms with E-state index in [1.165, 1.54) is 34.9 Å². The number of H-pyrrole nitrogens is 1. The maximum Gasteiger partial charge on any atom is 0.273 e. The standard InChI is InChI=1S/C19H11N5O3/c20-11-14-9-13-2-1-12(17-7-8-21-22-17)10-18(13)23(19(14)25)15-3-5-16(6-4-15)24(26)27/h1-10H,(H,21,22). The third-order valence-electron chi connectivity index (χ3n) is 4.26. The Morgan fingerprint density at radius 2 is 1.89 bits per heavy atom. The summed E-state index contributed by atoms with van der Waals surface area (Å²) in [5.41, 5.74) is 2.06. The maximum absolute atomic E-state index is 12.8. The second kappa shape index (κ2) is 6.24. The Labute approximate surface area is 152 Å². The van der Waals surface area contributed by atoms with Gasteiger partial charge in [-0.25, -0.2) is 0 Å². The molecule has 0 amide bonds. The summed E-state index contributed by atoms with van der Waals surface area (Å²) in [6.07, 6.45) is 1.63. The number of benzene rings is 2. The molecule has 0 atom stereocenters. The fourth-order valence-corrected chi connectivity index (χ4v) is 2.95. The lowest BCUT2D eigenvalue weighted by Crippen LogP contribution is -2.21. The zero-order valence-corrected chi connectivity index (χ0v) is 13.8. The summed E-state index contributed by atoms with van der Waals surface area (Å²) in [6.45, 7) is 0. The van der Waals surface area contributed by atoms with E-state index in [2.05, 4.69) is 10.2 Å². The number of nitrogens with zero attached hydrogens (tertiary/aromatic N) is 4. The van der Waals surface area contributed by atoms with Gasteiger partial charge in [0.25, 0.3) is 11.2 Å². The van der Waals surface area contributed by atoms with Crippen molar-refractivity contribution < 1.29 is 4.92 Å². The van der Waals surface area contributed by atoms with Crippen LogP contribution in [0.2, 0.25) is 0 Å². The van der Waals surface area contributed by atoms with Gasteiger partial charge in [0.05, 0.1) is 16.1 Å². The molecule has 0 saturated carbocycles. The number of aromatic amines is 1. The number of rotatable bonds is 3. The van der Waals surface area contributed by atoms with Gasteiger partial charge in [0.1, 0.15) is 11.6 Å². The summed E-state index contributed by atoms with van der Waals surface area (Å²) in [7, 11) is 0. The van der Waals surface area contributed by atoms with E-state index in [4.69, 9.17) is 0 Å². The minimum absolute atomic E-state index is 0.00450. The SMILES string of the molecule is N#Cc1cc2ccc(-c3ccn[nH]3)cc2n(-c2ccc([N+](=O)[O-])cc2)c1=O. The highest BCUT2D eigenvalue weighted by Crippen LogP contribution is 2.25. The van der Waals surface area contributed by atoms with Crippen LogP contribution < -0.4 is 5.56 Å². The van der Waals surface area contributed by atoms with Gasteiger partial charge in [0, 0.05) is 35.0 Å². The first-order valence-electron chi connectivity index (χ1n) is 7.93. The van der Waals surface area contributed by atoms with Crippen LogP contribution in [-0.4, -0.2) is 19.7 Å². The van der Waals surface area contributed by atoms with Gasteiger partial charge in [-0.1, -0.05) is 12.1 Å². The summed E-state index contributed by atoms with van der Waals surface area (Å²) in [5.74, 6) is 0. The largest absolute Gasteiger partial charge is 0.278 e. The van der Waals surface area contributed by atoms with Gasteiger partial charge < -0.3 is 0 Å². The molecule has 27 heavy (non-hydrogen) atoms. The van der Waals surface area contributed by atoms with Crippen molar-refractivity contribution in [2.45, 2.75) is 0 Å². The number of fused-ring (bicyclic) bond motifs is 1. The number of nitriles is 1. The molecule has 1 N–H and O–H groups in total. The lowest BCUT2D eigenvalue weighted by Gasteiger charge is -2.12. The minimum Gasteiger partial charge on any atom is -0.278 e. The van der Waals surface area contributed by atoms with Crippen molar-refractivity contribution in [2.24, 2.45) is 0 Å². The molecular weight excluding hydrogens is 346 g/mol. The first-order valence-corrected chi connectivity index (χ1v) is 7.93. The minimum atomic E-state index is -0.507. The molecule has 0 aliphatic heterocycles. The molecule has 0 unspecified atom stereocenters. The molecule has 130 valence electrons. The monoisotopic (exact) mass is 357 g/mol. The van der Waals surface area contributed by atoms with Crippen molar-refractivity contribution in [1.29, 1.82) is 5.26 Å². The Hall–Kier alpha value is -4.25. The van der Waals surface area contributed by atoms with Crippen LogP contribution in [-0.2, 0) is 0 Å². The van der Waals surface area contributed by atoms with Crippen LogP contribution in [0, 0.1) is 21.4 Å². The number of aromatic nitrogens is 3. The molecule has 2 aromatic heterocycles. The molecule has 0 radical (unpaired) electrons. The van der Waals surface area contributed by atoms with E-state index in [9.17, 15) is 20.2 Å². The second-order valence-electron chi connectivity index (χ2n) is 5.83. The van der Waals surface area contributed by atoms with Crippen molar-refractivity contribution >= 4 is 16.6 Å². The number of nitro groups is 1. The highest BCUT2D eigenvalue weighted by Gasteiger charge is 2.13. The van der Waals surface area contributed by atoms with Crippen molar-refractivity contribution in [3.8, 4) is 23.0 Å². The summed E-state index contributed by atoms with van der Waals surface area (Å²) in [5, 5.41) is 27.7. The van der Waals surface area contributed by atoms with Crippen LogP contribution in [0.25, 0.3) is 27.8 Å². The van der Waals surface area contributed by atoms with Gasteiger partial charge >= 0.3 is 0 Å². The van der Waals surface area contributed by atoms with Crippen LogP contribution >= 0.6 is 0 Å². The average Bonchev–Trinajstić information content (AvgIpc) is 3.22. The van der Waals surface area contributed by atoms with Gasteiger partial charge in [-0.2, -0.15) is 10.4 Å². The van der Waals surface area contributed by atoms with Gasteiger partial charge in [-0.05, 0) is 30.3 Å². The van der Waals surface area contributed by atoms with Gasteiger partial charge in [-0.3, -0.25) is 24.6 Å². The Kier molecular flexibility index (Phi) is 3.75. The molecule has 2 heterocycles. The highest BCUT2D eigenvalue weighted by molar-refractivity contribution is 5.86. The number of non-ortho nitro benzene ring substituents is 1. The maximum atomic E-state index is 12.8. The van der Waals surface area contributed by atoms with E-state index in [1.807, 2.05) is 24.3 Å². The molecule has 8 heteroatoms. The van der Waals surface area contributed by atoms with Crippen molar-refractivity contribution in [2.75, 3.05) is 0 Å². The number of nitrogens with one attached hydrogen (secondary N) is 1. The lowest BCUT2D eigenvalue weighted by atomic mass is 10.1. The fourth-order valence-electron chi connectivity index (χ4n) is 2.95. The predicted molar refractivity (Wildman–Crippen MR) is 98.5 cm³/mol. The van der Waals surface area contributed by atoms with Crippen LogP contribution in [0.3, 0.4) is 0 Å². The Bertz CT molecular complexity index is 1270. The molecule has 4 rings (SSSR count). The van der Waals surface area contributed by atoms with Crippen molar-refractivity contribution in [3.05, 3.63) is 86.8 Å². The highest BCUT2D eigenvalue weighted by atomic mass is 16.6. The summed E-state index contributed by atoms with van der Waals surface area (Å²) < 4.78 is 1.39. The van der Waals surface area contributed by atoms with Crippen LogP contribution in [0.15, 0.2) is 65.6 Å². The Balaban J connectivity index is 2.02. The first kappa shape index (κ1) is 16.2. The number of hydrogen-bond acceptors (Lipinski definition) is 5. The van der Waals surface area contributed by atoms with Crippen LogP contribution in [0.4, 0.5) is 5.69 Å². The van der Waals surface area contributed by atoms with E-state index in [-0.39, 0.29) is 11.3 Å². The first-order chi connectivity index (χ1) is 13.1. The number of hydrogen-bond donors (Lipinski definition) is 1. The second-order valence-corrected chi connectivity index (χ2v) is 5.83. The molecule has 0 bridgehead atoms. The van der Waals surface area contributed by atoms with Gasteiger partial charge in [-0.15, -0.1) is 0 Å². The lowest BCUT2D eigenvalue weighted by molar-refractivity contribution is -0.384.